The molecule has 0 aliphatic rings. The first-order valence-corrected chi connectivity index (χ1v) is 4.99. The molecule has 0 rings (SSSR count). The Bertz CT molecular complexity index is 153. The topological polar surface area (TPSA) is 12.4 Å². The van der Waals surface area contributed by atoms with Gasteiger partial charge in [-0.1, -0.05) is 40.3 Å². The minimum absolute atomic E-state index is 0.983. The molecule has 0 atom stereocenters. The van der Waals surface area contributed by atoms with Crippen LogP contribution in [0, 0.1) is 0 Å². The molecule has 0 amide bonds. The summed E-state index contributed by atoms with van der Waals surface area (Å²) in [5.74, 6) is 0. The second-order valence-corrected chi connectivity index (χ2v) is 2.03. The van der Waals surface area contributed by atoms with Crippen LogP contribution < -0.4 is 0 Å². The quantitative estimate of drug-likeness (QED) is 0.554. The van der Waals surface area contributed by atoms with E-state index >= 15 is 0 Å². The van der Waals surface area contributed by atoms with Crippen molar-refractivity contribution in [2.45, 2.75) is 48.5 Å². The van der Waals surface area contributed by atoms with Gasteiger partial charge in [-0.05, 0) is 26.3 Å². The van der Waals surface area contributed by atoms with Gasteiger partial charge in [0.25, 0.3) is 0 Å². The summed E-state index contributed by atoms with van der Waals surface area (Å²) in [5, 5.41) is 0. The lowest BCUT2D eigenvalue weighted by atomic mass is 10.4. The van der Waals surface area contributed by atoms with Crippen LogP contribution in [0.1, 0.15) is 48.5 Å². The lowest BCUT2D eigenvalue weighted by molar-refractivity contribution is 1.29. The maximum Gasteiger partial charge on any atom is 0.0330 e. The van der Waals surface area contributed by atoms with Crippen LogP contribution >= 0.6 is 0 Å². The lowest BCUT2D eigenvalue weighted by Crippen LogP contribution is -1.74. The summed E-state index contributed by atoms with van der Waals surface area (Å²) >= 11 is 0. The zero-order valence-corrected chi connectivity index (χ0v) is 10.3. The van der Waals surface area contributed by atoms with Gasteiger partial charge in [-0.15, -0.1) is 0 Å². The number of nitrogens with zero attached hydrogens (tertiary/aromatic N) is 1. The van der Waals surface area contributed by atoms with Gasteiger partial charge in [-0.2, -0.15) is 0 Å². The van der Waals surface area contributed by atoms with Crippen LogP contribution in [0.25, 0.3) is 0 Å². The number of allylic oxidation sites excluding steroid dienone is 3. The Kier molecular flexibility index (Phi) is 24.0. The molecule has 0 saturated heterocycles. The van der Waals surface area contributed by atoms with Crippen LogP contribution in [0.3, 0.4) is 0 Å². The minimum atomic E-state index is 0.983. The fourth-order valence-corrected chi connectivity index (χ4v) is 0.287. The molecule has 0 bridgehead atoms. The number of hydrogen-bond donors (Lipinski definition) is 0. The molecule has 0 fully saturated rings. The third-order valence-electron chi connectivity index (χ3n) is 0.906. The van der Waals surface area contributed by atoms with E-state index in [2.05, 4.69) is 11.6 Å². The van der Waals surface area contributed by atoms with E-state index in [-0.39, 0.29) is 0 Å². The summed E-state index contributed by atoms with van der Waals surface area (Å²) in [5.41, 5.74) is 2.01. The van der Waals surface area contributed by atoms with Crippen LogP contribution in [-0.2, 0) is 0 Å². The monoisotopic (exact) mass is 183 g/mol. The Morgan fingerprint density at radius 2 is 1.46 bits per heavy atom. The summed E-state index contributed by atoms with van der Waals surface area (Å²) in [6, 6.07) is 0. The van der Waals surface area contributed by atoms with Crippen LogP contribution in [0.15, 0.2) is 28.9 Å². The first-order chi connectivity index (χ1) is 6.16. The normalized spacial score (nSPS) is 9.62. The Morgan fingerprint density at radius 3 is 1.69 bits per heavy atom. The van der Waals surface area contributed by atoms with Crippen molar-refractivity contribution in [3.8, 4) is 0 Å². The van der Waals surface area contributed by atoms with Crippen molar-refractivity contribution in [2.75, 3.05) is 0 Å². The standard InChI is InChI=1S/C8H13N.2C2H6/c1-5-8(4)9-6-7(2)3;2*1-2/h5-6H,2H2,1,3-4H3;2*1-2H3/b8-5-,9-6?;;. The predicted octanol–water partition coefficient (Wildman–Crippen LogP) is 4.61. The highest BCUT2D eigenvalue weighted by Gasteiger charge is 1.76. The third kappa shape index (κ3) is 24.7. The van der Waals surface area contributed by atoms with Crippen molar-refractivity contribution in [3.63, 3.8) is 0 Å². The van der Waals surface area contributed by atoms with Gasteiger partial charge in [0.2, 0.25) is 0 Å². The largest absolute Gasteiger partial charge is 0.262 e. The van der Waals surface area contributed by atoms with Crippen molar-refractivity contribution in [2.24, 2.45) is 4.99 Å². The summed E-state index contributed by atoms with van der Waals surface area (Å²) in [6.45, 7) is 17.5. The van der Waals surface area contributed by atoms with Crippen molar-refractivity contribution >= 4 is 6.21 Å². The van der Waals surface area contributed by atoms with Gasteiger partial charge in [0.05, 0.1) is 0 Å². The fourth-order valence-electron chi connectivity index (χ4n) is 0.287. The molecule has 0 spiro atoms. The minimum Gasteiger partial charge on any atom is -0.262 e. The van der Waals surface area contributed by atoms with Crippen LogP contribution in [-0.4, -0.2) is 6.21 Å². The summed E-state index contributed by atoms with van der Waals surface area (Å²) in [6.07, 6.45) is 3.72. The Hall–Kier alpha value is -0.850. The first kappa shape index (κ1) is 18.0. The van der Waals surface area contributed by atoms with Gasteiger partial charge < -0.3 is 0 Å². The van der Waals surface area contributed by atoms with Crippen molar-refractivity contribution in [3.05, 3.63) is 23.9 Å². The molecule has 0 radical (unpaired) electrons. The van der Waals surface area contributed by atoms with Gasteiger partial charge in [0, 0.05) is 11.9 Å². The highest BCUT2D eigenvalue weighted by atomic mass is 14.7. The second kappa shape index (κ2) is 17.3. The molecule has 1 heteroatoms. The summed E-state index contributed by atoms with van der Waals surface area (Å²) in [4.78, 5) is 4.08. The molecule has 0 aromatic heterocycles. The second-order valence-electron chi connectivity index (χ2n) is 2.03. The third-order valence-corrected chi connectivity index (χ3v) is 0.906. The van der Waals surface area contributed by atoms with Gasteiger partial charge in [0.1, 0.15) is 0 Å². The van der Waals surface area contributed by atoms with Crippen LogP contribution in [0.4, 0.5) is 0 Å². The van der Waals surface area contributed by atoms with E-state index in [1.165, 1.54) is 0 Å². The van der Waals surface area contributed by atoms with Gasteiger partial charge in [0.15, 0.2) is 0 Å². The average molecular weight is 183 g/mol. The summed E-state index contributed by atoms with van der Waals surface area (Å²) < 4.78 is 0. The molecule has 1 nitrogen and oxygen atoms in total. The molecular weight excluding hydrogens is 158 g/mol. The smallest absolute Gasteiger partial charge is 0.0330 e. The zero-order valence-electron chi connectivity index (χ0n) is 10.3. The van der Waals surface area contributed by atoms with E-state index < -0.39 is 0 Å². The van der Waals surface area contributed by atoms with E-state index in [1.807, 2.05) is 54.5 Å². The van der Waals surface area contributed by atoms with E-state index in [0.717, 1.165) is 11.3 Å². The van der Waals surface area contributed by atoms with E-state index in [0.29, 0.717) is 0 Å². The molecule has 13 heavy (non-hydrogen) atoms. The van der Waals surface area contributed by atoms with E-state index in [9.17, 15) is 0 Å². The molecule has 0 heterocycles. The molecule has 0 aliphatic carbocycles. The molecule has 0 saturated carbocycles. The van der Waals surface area contributed by atoms with Crippen molar-refractivity contribution in [1.82, 2.24) is 0 Å². The molecule has 78 valence electrons. The molecular formula is C12H25N. The van der Waals surface area contributed by atoms with Gasteiger partial charge >= 0.3 is 0 Å². The van der Waals surface area contributed by atoms with Crippen molar-refractivity contribution in [1.29, 1.82) is 0 Å². The Balaban J connectivity index is -0.000000218. The molecule has 0 unspecified atom stereocenters. The predicted molar refractivity (Wildman–Crippen MR) is 65.4 cm³/mol. The molecule has 0 N–H and O–H groups in total. The zero-order chi connectivity index (χ0) is 11.3. The van der Waals surface area contributed by atoms with Crippen molar-refractivity contribution < 1.29 is 0 Å². The maximum atomic E-state index is 4.08. The highest BCUT2D eigenvalue weighted by Crippen LogP contribution is 1.92. The highest BCUT2D eigenvalue weighted by molar-refractivity contribution is 5.77. The Morgan fingerprint density at radius 1 is 1.08 bits per heavy atom. The SMILES string of the molecule is C=C(C)C=N/C(C)=C\C.CC.CC. The lowest BCUT2D eigenvalue weighted by Gasteiger charge is -1.87. The van der Waals surface area contributed by atoms with E-state index in [1.54, 1.807) is 6.21 Å². The Labute approximate surface area is 84.3 Å². The number of rotatable bonds is 2. The summed E-state index contributed by atoms with van der Waals surface area (Å²) in [7, 11) is 0. The molecule has 0 aromatic carbocycles. The van der Waals surface area contributed by atoms with Crippen LogP contribution in [0.2, 0.25) is 0 Å². The van der Waals surface area contributed by atoms with Gasteiger partial charge in [-0.25, -0.2) is 0 Å². The first-order valence-electron chi connectivity index (χ1n) is 4.99. The number of aliphatic imine (C=N–C) groups is 1. The van der Waals surface area contributed by atoms with Crippen LogP contribution in [0.5, 0.6) is 0 Å². The fraction of sp³-hybridized carbons (Fsp3) is 0.583. The number of hydrogen-bond acceptors (Lipinski definition) is 1. The molecule has 0 aromatic rings. The average Bonchev–Trinajstić information content (AvgIpc) is 2.20. The van der Waals surface area contributed by atoms with Gasteiger partial charge in [-0.3, -0.25) is 4.99 Å². The van der Waals surface area contributed by atoms with E-state index in [4.69, 9.17) is 0 Å². The maximum absolute atomic E-state index is 4.08. The molecule has 0 aliphatic heterocycles.